The third-order valence-electron chi connectivity index (χ3n) is 3.12. The van der Waals surface area contributed by atoms with E-state index in [4.69, 9.17) is 0 Å². The average Bonchev–Trinajstić information content (AvgIpc) is 2.91. The molecule has 1 aromatic heterocycles. The van der Waals surface area contributed by atoms with Crippen molar-refractivity contribution in [3.8, 4) is 5.69 Å². The first-order valence-electron chi connectivity index (χ1n) is 7.25. The topological polar surface area (TPSA) is 84.7 Å². The van der Waals surface area contributed by atoms with Crippen molar-refractivity contribution in [2.75, 3.05) is 18.4 Å². The first kappa shape index (κ1) is 15.9. The molecule has 0 fully saturated rings. The molecule has 7 nitrogen and oxygen atoms in total. The summed E-state index contributed by atoms with van der Waals surface area (Å²) in [7, 11) is 0. The fourth-order valence-corrected chi connectivity index (χ4v) is 1.77. The van der Waals surface area contributed by atoms with E-state index in [1.807, 2.05) is 52.0 Å². The average molecular weight is 302 g/mol. The number of hydrogen-bond acceptors (Lipinski definition) is 5. The van der Waals surface area contributed by atoms with Crippen LogP contribution >= 0.6 is 0 Å². The van der Waals surface area contributed by atoms with Crippen molar-refractivity contribution < 1.29 is 4.79 Å². The summed E-state index contributed by atoms with van der Waals surface area (Å²) in [6.07, 6.45) is 0. The van der Waals surface area contributed by atoms with E-state index in [0.29, 0.717) is 19.0 Å². The number of aryl methyl sites for hydroxylation is 1. The molecule has 0 aliphatic carbocycles. The smallest absolute Gasteiger partial charge is 0.247 e. The maximum absolute atomic E-state index is 11.8. The van der Waals surface area contributed by atoms with Gasteiger partial charge in [0.15, 0.2) is 0 Å². The third-order valence-corrected chi connectivity index (χ3v) is 3.12. The Balaban J connectivity index is 1.91. The van der Waals surface area contributed by atoms with E-state index >= 15 is 0 Å². The number of nitrogens with zero attached hydrogens (tertiary/aromatic N) is 4. The molecule has 2 N–H and O–H groups in total. The lowest BCUT2D eigenvalue weighted by Crippen LogP contribution is -2.37. The van der Waals surface area contributed by atoms with E-state index in [0.717, 1.165) is 5.69 Å². The molecular formula is C15H22N6O. The number of rotatable bonds is 5. The Morgan fingerprint density at radius 1 is 1.18 bits per heavy atom. The zero-order chi connectivity index (χ0) is 16.2. The summed E-state index contributed by atoms with van der Waals surface area (Å²) in [4.78, 5) is 11.8. The van der Waals surface area contributed by atoms with Gasteiger partial charge in [0.1, 0.15) is 0 Å². The molecule has 2 aromatic rings. The molecule has 0 spiro atoms. The van der Waals surface area contributed by atoms with Gasteiger partial charge in [0.25, 0.3) is 0 Å². The van der Waals surface area contributed by atoms with Gasteiger partial charge in [-0.1, -0.05) is 43.6 Å². The second-order valence-electron chi connectivity index (χ2n) is 6.18. The lowest BCUT2D eigenvalue weighted by atomic mass is 9.96. The molecule has 118 valence electrons. The lowest BCUT2D eigenvalue weighted by Gasteiger charge is -2.17. The Labute approximate surface area is 130 Å². The Morgan fingerprint density at radius 3 is 2.50 bits per heavy atom. The number of amides is 1. The second kappa shape index (κ2) is 6.55. The Morgan fingerprint density at radius 2 is 1.86 bits per heavy atom. The zero-order valence-electron chi connectivity index (χ0n) is 13.4. The molecule has 2 rings (SSSR count). The van der Waals surface area contributed by atoms with Crippen LogP contribution in [0.4, 0.5) is 5.95 Å². The summed E-state index contributed by atoms with van der Waals surface area (Å²) >= 11 is 0. The molecule has 0 saturated carbocycles. The van der Waals surface area contributed by atoms with Crippen LogP contribution in [0.3, 0.4) is 0 Å². The third kappa shape index (κ3) is 4.03. The van der Waals surface area contributed by atoms with Gasteiger partial charge in [-0.05, 0) is 29.5 Å². The summed E-state index contributed by atoms with van der Waals surface area (Å²) in [6.45, 7) is 8.74. The molecule has 0 atom stereocenters. The summed E-state index contributed by atoms with van der Waals surface area (Å²) < 4.78 is 1.63. The monoisotopic (exact) mass is 302 g/mol. The van der Waals surface area contributed by atoms with E-state index < -0.39 is 0 Å². The Bertz CT molecular complexity index is 626. The van der Waals surface area contributed by atoms with Gasteiger partial charge >= 0.3 is 0 Å². The quantitative estimate of drug-likeness (QED) is 0.819. The van der Waals surface area contributed by atoms with Gasteiger partial charge in [-0.15, -0.1) is 0 Å². The van der Waals surface area contributed by atoms with E-state index in [1.165, 1.54) is 5.56 Å². The van der Waals surface area contributed by atoms with E-state index in [9.17, 15) is 4.79 Å². The zero-order valence-corrected chi connectivity index (χ0v) is 13.4. The normalized spacial score (nSPS) is 11.3. The number of anilines is 1. The van der Waals surface area contributed by atoms with Crippen molar-refractivity contribution >= 4 is 11.9 Å². The maximum Gasteiger partial charge on any atom is 0.247 e. The molecule has 0 unspecified atom stereocenters. The van der Waals surface area contributed by atoms with Crippen LogP contribution in [0.1, 0.15) is 26.3 Å². The Kier molecular flexibility index (Phi) is 4.75. The van der Waals surface area contributed by atoms with Crippen LogP contribution in [0.5, 0.6) is 0 Å². The highest BCUT2D eigenvalue weighted by atomic mass is 16.2. The van der Waals surface area contributed by atoms with Crippen molar-refractivity contribution in [1.29, 1.82) is 0 Å². The first-order valence-corrected chi connectivity index (χ1v) is 7.25. The summed E-state index contributed by atoms with van der Waals surface area (Å²) in [5.41, 5.74) is 1.68. The van der Waals surface area contributed by atoms with Gasteiger partial charge in [-0.2, -0.15) is 4.68 Å². The molecule has 0 aliphatic rings. The molecule has 22 heavy (non-hydrogen) atoms. The first-order chi connectivity index (χ1) is 10.4. The highest BCUT2D eigenvalue weighted by Gasteiger charge is 2.20. The van der Waals surface area contributed by atoms with E-state index in [2.05, 4.69) is 26.2 Å². The van der Waals surface area contributed by atoms with Gasteiger partial charge in [0, 0.05) is 18.5 Å². The Hall–Kier alpha value is -2.44. The van der Waals surface area contributed by atoms with Gasteiger partial charge in [0.2, 0.25) is 11.9 Å². The fraction of sp³-hybridized carbons (Fsp3) is 0.467. The molecule has 1 heterocycles. The molecule has 0 radical (unpaired) electrons. The molecule has 1 amide bonds. The minimum Gasteiger partial charge on any atom is -0.354 e. The predicted octanol–water partition coefficient (Wildman–Crippen LogP) is 1.54. The summed E-state index contributed by atoms with van der Waals surface area (Å²) in [5.74, 6) is 0.571. The summed E-state index contributed by atoms with van der Waals surface area (Å²) in [5, 5.41) is 17.6. The van der Waals surface area contributed by atoms with Gasteiger partial charge in [-0.3, -0.25) is 4.79 Å². The fourth-order valence-electron chi connectivity index (χ4n) is 1.77. The molecule has 1 aromatic carbocycles. The van der Waals surface area contributed by atoms with Crippen molar-refractivity contribution in [3.05, 3.63) is 29.8 Å². The van der Waals surface area contributed by atoms with Gasteiger partial charge < -0.3 is 10.6 Å². The largest absolute Gasteiger partial charge is 0.354 e. The second-order valence-corrected chi connectivity index (χ2v) is 6.18. The van der Waals surface area contributed by atoms with Crippen LogP contribution in [0.15, 0.2) is 24.3 Å². The van der Waals surface area contributed by atoms with Gasteiger partial charge in [-0.25, -0.2) is 0 Å². The number of tetrazole rings is 1. The molecular weight excluding hydrogens is 280 g/mol. The van der Waals surface area contributed by atoms with Crippen molar-refractivity contribution in [2.24, 2.45) is 5.41 Å². The maximum atomic E-state index is 11.8. The van der Waals surface area contributed by atoms with Crippen LogP contribution in [-0.4, -0.2) is 39.2 Å². The molecule has 0 saturated heterocycles. The molecule has 7 heteroatoms. The number of aromatic nitrogens is 4. The number of nitrogens with one attached hydrogen (secondary N) is 2. The van der Waals surface area contributed by atoms with Crippen LogP contribution in [0.2, 0.25) is 0 Å². The van der Waals surface area contributed by atoms with E-state index in [-0.39, 0.29) is 11.3 Å². The van der Waals surface area contributed by atoms with Crippen LogP contribution < -0.4 is 10.6 Å². The standard InChI is InChI=1S/C15H22N6O/c1-11-5-7-12(8-6-11)21-14(18-19-20-21)17-10-9-16-13(22)15(2,3)4/h5-8H,9-10H2,1-4H3,(H,16,22)(H,17,18,20). The highest BCUT2D eigenvalue weighted by Crippen LogP contribution is 2.13. The van der Waals surface area contributed by atoms with Crippen molar-refractivity contribution in [1.82, 2.24) is 25.5 Å². The van der Waals surface area contributed by atoms with Crippen LogP contribution in [-0.2, 0) is 4.79 Å². The lowest BCUT2D eigenvalue weighted by molar-refractivity contribution is -0.128. The number of benzene rings is 1. The summed E-state index contributed by atoms with van der Waals surface area (Å²) in [6, 6.07) is 7.92. The minimum atomic E-state index is -0.385. The van der Waals surface area contributed by atoms with Crippen LogP contribution in [0, 0.1) is 12.3 Å². The number of hydrogen-bond donors (Lipinski definition) is 2. The van der Waals surface area contributed by atoms with Crippen molar-refractivity contribution in [3.63, 3.8) is 0 Å². The minimum absolute atomic E-state index is 0.0208. The van der Waals surface area contributed by atoms with Gasteiger partial charge in [0.05, 0.1) is 5.69 Å². The van der Waals surface area contributed by atoms with Crippen molar-refractivity contribution in [2.45, 2.75) is 27.7 Å². The predicted molar refractivity (Wildman–Crippen MR) is 84.8 cm³/mol. The number of carbonyl (C=O) groups excluding carboxylic acids is 1. The molecule has 0 aliphatic heterocycles. The SMILES string of the molecule is Cc1ccc(-n2nnnc2NCCNC(=O)C(C)(C)C)cc1. The van der Waals surface area contributed by atoms with Crippen LogP contribution in [0.25, 0.3) is 5.69 Å². The van der Waals surface area contributed by atoms with E-state index in [1.54, 1.807) is 4.68 Å². The highest BCUT2D eigenvalue weighted by molar-refractivity contribution is 5.81. The number of carbonyl (C=O) groups is 1. The molecule has 0 bridgehead atoms.